The molecule has 0 bridgehead atoms. The quantitative estimate of drug-likeness (QED) is 0.751. The van der Waals surface area contributed by atoms with E-state index in [2.05, 4.69) is 14.1 Å². The van der Waals surface area contributed by atoms with E-state index < -0.39 is 10.0 Å². The summed E-state index contributed by atoms with van der Waals surface area (Å²) >= 11 is 8.48. The molecule has 0 unspecified atom stereocenters. The maximum atomic E-state index is 12.4. The Morgan fingerprint density at radius 3 is 2.77 bits per heavy atom. The summed E-state index contributed by atoms with van der Waals surface area (Å²) in [6.07, 6.45) is 0. The van der Waals surface area contributed by atoms with Crippen LogP contribution in [-0.2, 0) is 10.0 Å². The van der Waals surface area contributed by atoms with Crippen LogP contribution in [-0.4, -0.2) is 17.8 Å². The van der Waals surface area contributed by atoms with Gasteiger partial charge in [-0.2, -0.15) is 9.36 Å². The highest BCUT2D eigenvalue weighted by atomic mass is 35.5. The Hall–Kier alpha value is -1.48. The van der Waals surface area contributed by atoms with Crippen molar-refractivity contribution in [1.82, 2.24) is 9.36 Å². The molecule has 0 spiro atoms. The summed E-state index contributed by atoms with van der Waals surface area (Å²) < 4.78 is 31.5. The first-order valence-corrected chi connectivity index (χ1v) is 9.64. The maximum Gasteiger partial charge on any atom is 0.264 e. The van der Waals surface area contributed by atoms with Gasteiger partial charge in [0.05, 0.1) is 9.77 Å². The molecule has 0 radical (unpaired) electrons. The van der Waals surface area contributed by atoms with E-state index in [-0.39, 0.29) is 10.0 Å². The number of sulfonamides is 1. The molecule has 0 fully saturated rings. The lowest BCUT2D eigenvalue weighted by Crippen LogP contribution is -2.14. The molecule has 0 aliphatic heterocycles. The minimum Gasteiger partial charge on any atom is -0.253 e. The summed E-state index contributed by atoms with van der Waals surface area (Å²) in [5, 5.41) is 2.54. The van der Waals surface area contributed by atoms with Gasteiger partial charge < -0.3 is 0 Å². The third-order valence-electron chi connectivity index (χ3n) is 2.90. The van der Waals surface area contributed by atoms with Crippen LogP contribution in [0.25, 0.3) is 10.7 Å². The molecule has 0 amide bonds. The Morgan fingerprint density at radius 2 is 2.05 bits per heavy atom. The summed E-state index contributed by atoms with van der Waals surface area (Å²) in [6, 6.07) is 8.52. The molecular weight excluding hydrogens is 362 g/mol. The molecule has 0 aliphatic rings. The number of hydrogen-bond donors (Lipinski definition) is 1. The average Bonchev–Trinajstić information content (AvgIpc) is 3.11. The predicted molar refractivity (Wildman–Crippen MR) is 90.2 cm³/mol. The van der Waals surface area contributed by atoms with Crippen LogP contribution in [0.4, 0.5) is 5.13 Å². The second-order valence-corrected chi connectivity index (χ2v) is 8.13. The lowest BCUT2D eigenvalue weighted by molar-refractivity contribution is 0.600. The summed E-state index contributed by atoms with van der Waals surface area (Å²) in [5.41, 5.74) is 0.500. The van der Waals surface area contributed by atoms with Crippen molar-refractivity contribution < 1.29 is 8.42 Å². The zero-order valence-electron chi connectivity index (χ0n) is 11.3. The van der Waals surface area contributed by atoms with E-state index in [1.807, 2.05) is 17.5 Å². The van der Waals surface area contributed by atoms with Crippen LogP contribution in [0.2, 0.25) is 5.02 Å². The van der Waals surface area contributed by atoms with Crippen molar-refractivity contribution in [3.63, 3.8) is 0 Å². The van der Waals surface area contributed by atoms with E-state index in [1.165, 1.54) is 17.4 Å². The predicted octanol–water partition coefficient (Wildman–Crippen LogP) is 4.03. The van der Waals surface area contributed by atoms with Crippen LogP contribution in [0.1, 0.15) is 5.56 Å². The first-order chi connectivity index (χ1) is 10.5. The van der Waals surface area contributed by atoms with E-state index in [1.54, 1.807) is 19.1 Å². The number of aromatic nitrogens is 2. The number of nitrogens with zero attached hydrogens (tertiary/aromatic N) is 2. The number of nitrogens with one attached hydrogen (secondary N) is 1. The van der Waals surface area contributed by atoms with Gasteiger partial charge in [0.2, 0.25) is 5.13 Å². The van der Waals surface area contributed by atoms with Crippen molar-refractivity contribution in [2.24, 2.45) is 0 Å². The molecule has 3 rings (SSSR count). The topological polar surface area (TPSA) is 72.0 Å². The SMILES string of the molecule is Cc1c(Cl)cccc1S(=O)(=O)Nc1nc(-c2cccs2)ns1. The van der Waals surface area contributed by atoms with Crippen LogP contribution < -0.4 is 4.72 Å². The van der Waals surface area contributed by atoms with Crippen LogP contribution in [0.15, 0.2) is 40.6 Å². The number of anilines is 1. The average molecular weight is 372 g/mol. The summed E-state index contributed by atoms with van der Waals surface area (Å²) in [7, 11) is -3.75. The van der Waals surface area contributed by atoms with Gasteiger partial charge in [0, 0.05) is 16.6 Å². The van der Waals surface area contributed by atoms with E-state index in [0.29, 0.717) is 16.4 Å². The van der Waals surface area contributed by atoms with Crippen LogP contribution in [0.5, 0.6) is 0 Å². The van der Waals surface area contributed by atoms with Gasteiger partial charge in [0.15, 0.2) is 5.82 Å². The monoisotopic (exact) mass is 371 g/mol. The molecule has 3 aromatic rings. The van der Waals surface area contributed by atoms with Gasteiger partial charge in [-0.25, -0.2) is 8.42 Å². The molecule has 2 heterocycles. The van der Waals surface area contributed by atoms with Crippen LogP contribution >= 0.6 is 34.5 Å². The Labute approximate surface area is 140 Å². The van der Waals surface area contributed by atoms with Gasteiger partial charge >= 0.3 is 0 Å². The number of halogens is 1. The Bertz CT molecular complexity index is 905. The van der Waals surface area contributed by atoms with Crippen molar-refractivity contribution in [2.75, 3.05) is 4.72 Å². The minimum atomic E-state index is -3.75. The van der Waals surface area contributed by atoms with Crippen molar-refractivity contribution >= 4 is 49.6 Å². The number of benzene rings is 1. The minimum absolute atomic E-state index is 0.132. The first kappa shape index (κ1) is 15.4. The molecule has 1 N–H and O–H groups in total. The summed E-state index contributed by atoms with van der Waals surface area (Å²) in [6.45, 7) is 1.66. The van der Waals surface area contributed by atoms with Crippen LogP contribution in [0, 0.1) is 6.92 Å². The van der Waals surface area contributed by atoms with E-state index in [9.17, 15) is 8.42 Å². The smallest absolute Gasteiger partial charge is 0.253 e. The second-order valence-electron chi connectivity index (χ2n) is 4.37. The molecule has 2 aromatic heterocycles. The molecular formula is C13H10ClN3O2S3. The zero-order valence-corrected chi connectivity index (χ0v) is 14.5. The van der Waals surface area contributed by atoms with Gasteiger partial charge in [-0.3, -0.25) is 4.72 Å². The summed E-state index contributed by atoms with van der Waals surface area (Å²) in [4.78, 5) is 5.23. The Balaban J connectivity index is 1.91. The molecule has 114 valence electrons. The first-order valence-electron chi connectivity index (χ1n) is 6.13. The van der Waals surface area contributed by atoms with Gasteiger partial charge in [0.1, 0.15) is 0 Å². The molecule has 0 atom stereocenters. The Kier molecular flexibility index (Phi) is 4.18. The number of thiophene rings is 1. The van der Waals surface area contributed by atoms with E-state index in [0.717, 1.165) is 16.4 Å². The van der Waals surface area contributed by atoms with Crippen molar-refractivity contribution in [2.45, 2.75) is 11.8 Å². The maximum absolute atomic E-state index is 12.4. The van der Waals surface area contributed by atoms with Gasteiger partial charge in [-0.05, 0) is 36.1 Å². The summed E-state index contributed by atoms with van der Waals surface area (Å²) in [5.74, 6) is 0.514. The molecule has 0 aliphatic carbocycles. The normalized spacial score (nSPS) is 11.5. The van der Waals surface area contributed by atoms with Crippen molar-refractivity contribution in [3.8, 4) is 10.7 Å². The fourth-order valence-corrected chi connectivity index (χ4v) is 4.84. The molecule has 1 aromatic carbocycles. The molecule has 9 heteroatoms. The highest BCUT2D eigenvalue weighted by Gasteiger charge is 2.20. The molecule has 22 heavy (non-hydrogen) atoms. The zero-order chi connectivity index (χ0) is 15.7. The van der Waals surface area contributed by atoms with Gasteiger partial charge in [-0.1, -0.05) is 23.7 Å². The third-order valence-corrected chi connectivity index (χ3v) is 6.42. The van der Waals surface area contributed by atoms with E-state index >= 15 is 0 Å². The molecule has 0 saturated carbocycles. The molecule has 5 nitrogen and oxygen atoms in total. The lowest BCUT2D eigenvalue weighted by atomic mass is 10.2. The fourth-order valence-electron chi connectivity index (χ4n) is 1.82. The van der Waals surface area contributed by atoms with Gasteiger partial charge in [-0.15, -0.1) is 11.3 Å². The van der Waals surface area contributed by atoms with Crippen LogP contribution in [0.3, 0.4) is 0 Å². The highest BCUT2D eigenvalue weighted by molar-refractivity contribution is 7.93. The highest BCUT2D eigenvalue weighted by Crippen LogP contribution is 2.28. The number of rotatable bonds is 4. The Morgan fingerprint density at radius 1 is 1.23 bits per heavy atom. The largest absolute Gasteiger partial charge is 0.264 e. The van der Waals surface area contributed by atoms with Crippen molar-refractivity contribution in [3.05, 3.63) is 46.3 Å². The lowest BCUT2D eigenvalue weighted by Gasteiger charge is -2.08. The van der Waals surface area contributed by atoms with Gasteiger partial charge in [0.25, 0.3) is 10.0 Å². The fraction of sp³-hybridized carbons (Fsp3) is 0.0769. The van der Waals surface area contributed by atoms with E-state index in [4.69, 9.17) is 11.6 Å². The standard InChI is InChI=1S/C13H10ClN3O2S3/c1-8-9(14)4-2-6-11(8)22(18,19)17-13-15-12(16-21-13)10-5-3-7-20-10/h2-7H,1H3,(H,15,16,17). The second kappa shape index (κ2) is 5.96. The molecule has 0 saturated heterocycles. The number of hydrogen-bond acceptors (Lipinski definition) is 6. The van der Waals surface area contributed by atoms with Crippen molar-refractivity contribution in [1.29, 1.82) is 0 Å². The third kappa shape index (κ3) is 3.00.